The lowest BCUT2D eigenvalue weighted by Crippen LogP contribution is -2.44. The van der Waals surface area contributed by atoms with Gasteiger partial charge in [0.1, 0.15) is 0 Å². The number of carbonyl (C=O) groups excluding carboxylic acids is 1. The number of nitrogens with one attached hydrogen (secondary N) is 1. The van der Waals surface area contributed by atoms with Crippen molar-refractivity contribution in [1.29, 1.82) is 0 Å². The molecule has 5 heteroatoms. The molecule has 1 amide bonds. The van der Waals surface area contributed by atoms with Crippen LogP contribution in [0.3, 0.4) is 0 Å². The minimum absolute atomic E-state index is 0.0297. The van der Waals surface area contributed by atoms with Gasteiger partial charge in [-0.1, -0.05) is 52.6 Å². The summed E-state index contributed by atoms with van der Waals surface area (Å²) in [5.41, 5.74) is 0.681. The van der Waals surface area contributed by atoms with Crippen LogP contribution in [0.5, 0.6) is 0 Å². The predicted octanol–water partition coefficient (Wildman–Crippen LogP) is 5.14. The van der Waals surface area contributed by atoms with Crippen LogP contribution >= 0.6 is 47.8 Å². The molecular weight excluding hydrogens is 438 g/mol. The molecule has 19 heavy (non-hydrogen) atoms. The van der Waals surface area contributed by atoms with Crippen LogP contribution in [0.25, 0.3) is 0 Å². The molecule has 0 saturated carbocycles. The van der Waals surface area contributed by atoms with Crippen LogP contribution in [0.2, 0.25) is 0 Å². The van der Waals surface area contributed by atoms with E-state index in [0.29, 0.717) is 5.56 Å². The summed E-state index contributed by atoms with van der Waals surface area (Å²) >= 11 is 10.3. The molecule has 0 heterocycles. The number of hydrogen-bond donors (Lipinski definition) is 1. The molecule has 1 atom stereocenters. The Morgan fingerprint density at radius 1 is 1.32 bits per heavy atom. The van der Waals surface area contributed by atoms with Crippen LogP contribution in [0, 0.1) is 5.41 Å². The van der Waals surface area contributed by atoms with Gasteiger partial charge in [-0.25, -0.2) is 0 Å². The average molecular weight is 456 g/mol. The van der Waals surface area contributed by atoms with Crippen LogP contribution in [0.15, 0.2) is 27.1 Å². The van der Waals surface area contributed by atoms with E-state index in [1.165, 1.54) is 0 Å². The summed E-state index contributed by atoms with van der Waals surface area (Å²) in [6, 6.07) is 5.73. The third-order valence-corrected chi connectivity index (χ3v) is 4.56. The lowest BCUT2D eigenvalue weighted by atomic mass is 9.85. The lowest BCUT2D eigenvalue weighted by molar-refractivity contribution is 0.0900. The average Bonchev–Trinajstić information content (AvgIpc) is 2.30. The lowest BCUT2D eigenvalue weighted by Gasteiger charge is -2.31. The van der Waals surface area contributed by atoms with Crippen molar-refractivity contribution in [3.8, 4) is 0 Å². The summed E-state index contributed by atoms with van der Waals surface area (Å²) in [4.78, 5) is 12.4. The van der Waals surface area contributed by atoms with Gasteiger partial charge in [0.25, 0.3) is 5.91 Å². The third-order valence-electron chi connectivity index (χ3n) is 2.92. The highest BCUT2D eigenvalue weighted by atomic mass is 79.9. The zero-order chi connectivity index (χ0) is 14.6. The summed E-state index contributed by atoms with van der Waals surface area (Å²) in [6.45, 7) is 6.41. The summed E-state index contributed by atoms with van der Waals surface area (Å²) in [5.74, 6) is -0.0472. The highest BCUT2D eigenvalue weighted by Crippen LogP contribution is 2.25. The molecule has 0 saturated heterocycles. The summed E-state index contributed by atoms with van der Waals surface area (Å²) < 4.78 is 1.70. The van der Waals surface area contributed by atoms with Gasteiger partial charge in [0, 0.05) is 20.3 Å². The topological polar surface area (TPSA) is 29.1 Å². The number of carbonyl (C=O) groups is 1. The standard InChI is InChI=1S/C14H18Br3NO/c1-14(2,3)12(6-7-15)18-13(19)10-8-9(16)4-5-11(10)17/h4-5,8,12H,6-7H2,1-3H3,(H,18,19). The number of halogens is 3. The second-order valence-electron chi connectivity index (χ2n) is 5.49. The molecule has 0 aliphatic carbocycles. The molecule has 0 fully saturated rings. The van der Waals surface area contributed by atoms with Gasteiger partial charge in [0.2, 0.25) is 0 Å². The van der Waals surface area contributed by atoms with Crippen LogP contribution in [0.4, 0.5) is 0 Å². The van der Waals surface area contributed by atoms with Crippen molar-refractivity contribution < 1.29 is 4.79 Å². The molecule has 106 valence electrons. The quantitative estimate of drug-likeness (QED) is 0.625. The molecule has 0 radical (unpaired) electrons. The van der Waals surface area contributed by atoms with E-state index in [2.05, 4.69) is 73.9 Å². The third kappa shape index (κ3) is 5.20. The highest BCUT2D eigenvalue weighted by Gasteiger charge is 2.26. The minimum Gasteiger partial charge on any atom is -0.349 e. The van der Waals surface area contributed by atoms with Crippen LogP contribution < -0.4 is 5.32 Å². The first kappa shape index (κ1) is 17.2. The van der Waals surface area contributed by atoms with E-state index < -0.39 is 0 Å². The first-order valence-corrected chi connectivity index (χ1v) is 8.78. The molecule has 0 aliphatic rings. The van der Waals surface area contributed by atoms with E-state index in [1.54, 1.807) is 0 Å². The highest BCUT2D eigenvalue weighted by molar-refractivity contribution is 9.11. The molecule has 1 aromatic rings. The molecule has 1 aromatic carbocycles. The Morgan fingerprint density at radius 2 is 1.95 bits per heavy atom. The summed E-state index contributed by atoms with van der Waals surface area (Å²) in [6.07, 6.45) is 0.904. The fraction of sp³-hybridized carbons (Fsp3) is 0.500. The Morgan fingerprint density at radius 3 is 2.47 bits per heavy atom. The maximum absolute atomic E-state index is 12.4. The van der Waals surface area contributed by atoms with Crippen molar-refractivity contribution in [3.05, 3.63) is 32.7 Å². The zero-order valence-electron chi connectivity index (χ0n) is 11.3. The monoisotopic (exact) mass is 453 g/mol. The SMILES string of the molecule is CC(C)(C)C(CCBr)NC(=O)c1cc(Br)ccc1Br. The summed E-state index contributed by atoms with van der Waals surface area (Å²) in [7, 11) is 0. The van der Waals surface area contributed by atoms with E-state index >= 15 is 0 Å². The van der Waals surface area contributed by atoms with E-state index in [0.717, 1.165) is 20.7 Å². The maximum Gasteiger partial charge on any atom is 0.252 e. The Labute approximate surface area is 140 Å². The van der Waals surface area contributed by atoms with Gasteiger partial charge in [-0.15, -0.1) is 0 Å². The Hall–Kier alpha value is 0.130. The molecule has 1 N–H and O–H groups in total. The van der Waals surface area contributed by atoms with Crippen molar-refractivity contribution in [1.82, 2.24) is 5.32 Å². The van der Waals surface area contributed by atoms with Gasteiger partial charge in [-0.2, -0.15) is 0 Å². The fourth-order valence-electron chi connectivity index (χ4n) is 1.74. The van der Waals surface area contributed by atoms with Gasteiger partial charge in [-0.3, -0.25) is 4.79 Å². The number of rotatable bonds is 4. The molecule has 0 bridgehead atoms. The van der Waals surface area contributed by atoms with Gasteiger partial charge < -0.3 is 5.32 Å². The molecule has 1 rings (SSSR count). The zero-order valence-corrected chi connectivity index (χ0v) is 16.0. The molecule has 1 unspecified atom stereocenters. The second kappa shape index (κ2) is 7.23. The molecular formula is C14H18Br3NO. The van der Waals surface area contributed by atoms with Crippen molar-refractivity contribution in [2.24, 2.45) is 5.41 Å². The fourth-order valence-corrected chi connectivity index (χ4v) is 2.98. The molecule has 2 nitrogen and oxygen atoms in total. The van der Waals surface area contributed by atoms with Crippen LogP contribution in [-0.2, 0) is 0 Å². The van der Waals surface area contributed by atoms with Crippen molar-refractivity contribution in [3.63, 3.8) is 0 Å². The van der Waals surface area contributed by atoms with Gasteiger partial charge in [-0.05, 0) is 46.0 Å². The molecule has 0 aliphatic heterocycles. The number of alkyl halides is 1. The van der Waals surface area contributed by atoms with E-state index in [-0.39, 0.29) is 17.4 Å². The van der Waals surface area contributed by atoms with Gasteiger partial charge in [0.05, 0.1) is 5.56 Å². The van der Waals surface area contributed by atoms with Crippen molar-refractivity contribution >= 4 is 53.7 Å². The van der Waals surface area contributed by atoms with Crippen molar-refractivity contribution in [2.75, 3.05) is 5.33 Å². The van der Waals surface area contributed by atoms with E-state index in [1.807, 2.05) is 18.2 Å². The van der Waals surface area contributed by atoms with E-state index in [4.69, 9.17) is 0 Å². The van der Waals surface area contributed by atoms with Crippen molar-refractivity contribution in [2.45, 2.75) is 33.2 Å². The largest absolute Gasteiger partial charge is 0.349 e. The van der Waals surface area contributed by atoms with Crippen LogP contribution in [-0.4, -0.2) is 17.3 Å². The number of benzene rings is 1. The number of amides is 1. The number of hydrogen-bond acceptors (Lipinski definition) is 1. The Balaban J connectivity index is 2.91. The molecule has 0 aromatic heterocycles. The second-order valence-corrected chi connectivity index (χ2v) is 8.06. The summed E-state index contributed by atoms with van der Waals surface area (Å²) in [5, 5.41) is 3.99. The van der Waals surface area contributed by atoms with Gasteiger partial charge >= 0.3 is 0 Å². The van der Waals surface area contributed by atoms with Gasteiger partial charge in [0.15, 0.2) is 0 Å². The normalized spacial score (nSPS) is 13.2. The minimum atomic E-state index is -0.0472. The Bertz CT molecular complexity index is 454. The van der Waals surface area contributed by atoms with Crippen LogP contribution in [0.1, 0.15) is 37.6 Å². The maximum atomic E-state index is 12.4. The first-order valence-electron chi connectivity index (χ1n) is 6.07. The molecule has 0 spiro atoms. The first-order chi connectivity index (χ1) is 8.75. The smallest absolute Gasteiger partial charge is 0.252 e. The van der Waals surface area contributed by atoms with E-state index in [9.17, 15) is 4.79 Å². The predicted molar refractivity (Wildman–Crippen MR) is 91.0 cm³/mol. The Kier molecular flexibility index (Phi) is 6.54.